The fourth-order valence-electron chi connectivity index (χ4n) is 1.64. The van der Waals surface area contributed by atoms with Gasteiger partial charge in [-0.1, -0.05) is 0 Å². The Morgan fingerprint density at radius 2 is 2.24 bits per heavy atom. The Hall–Kier alpha value is -2.04. The summed E-state index contributed by atoms with van der Waals surface area (Å²) < 4.78 is 10.3. The number of H-pyrrole nitrogens is 1. The van der Waals surface area contributed by atoms with E-state index < -0.39 is 0 Å². The topological polar surface area (TPSA) is 64.2 Å². The van der Waals surface area contributed by atoms with Gasteiger partial charge in [-0.3, -0.25) is 0 Å². The van der Waals surface area contributed by atoms with Crippen molar-refractivity contribution in [2.75, 3.05) is 7.11 Å². The fourth-order valence-corrected chi connectivity index (χ4v) is 1.64. The van der Waals surface area contributed by atoms with Crippen LogP contribution < -0.4 is 4.74 Å². The number of esters is 1. The zero-order valence-electron chi connectivity index (χ0n) is 9.98. The van der Waals surface area contributed by atoms with Crippen molar-refractivity contribution in [1.82, 2.24) is 9.97 Å². The van der Waals surface area contributed by atoms with Gasteiger partial charge in [0, 0.05) is 12.4 Å². The Bertz CT molecular complexity index is 546. The van der Waals surface area contributed by atoms with E-state index in [2.05, 4.69) is 9.97 Å². The molecule has 0 aliphatic rings. The first kappa shape index (κ1) is 11.4. The first-order chi connectivity index (χ1) is 8.13. The van der Waals surface area contributed by atoms with Crippen molar-refractivity contribution in [3.05, 3.63) is 24.0 Å². The number of hydrogen-bond acceptors (Lipinski definition) is 4. The van der Waals surface area contributed by atoms with Crippen LogP contribution >= 0.6 is 0 Å². The highest BCUT2D eigenvalue weighted by Crippen LogP contribution is 2.26. The maximum Gasteiger partial charge on any atom is 0.340 e. The van der Waals surface area contributed by atoms with Gasteiger partial charge in [-0.05, 0) is 19.9 Å². The first-order valence-corrected chi connectivity index (χ1v) is 5.34. The summed E-state index contributed by atoms with van der Waals surface area (Å²) in [6, 6.07) is 1.78. The molecule has 0 unspecified atom stereocenters. The molecule has 2 aromatic heterocycles. The van der Waals surface area contributed by atoms with Crippen LogP contribution in [-0.2, 0) is 4.74 Å². The van der Waals surface area contributed by atoms with Crippen LogP contribution in [0.15, 0.2) is 18.5 Å². The number of aromatic nitrogens is 2. The van der Waals surface area contributed by atoms with Gasteiger partial charge >= 0.3 is 5.97 Å². The van der Waals surface area contributed by atoms with Crippen LogP contribution in [0.5, 0.6) is 5.88 Å². The molecule has 90 valence electrons. The first-order valence-electron chi connectivity index (χ1n) is 5.34. The lowest BCUT2D eigenvalue weighted by molar-refractivity contribution is 0.0380. The molecule has 2 aromatic rings. The summed E-state index contributed by atoms with van der Waals surface area (Å²) in [6.07, 6.45) is 3.07. The molecule has 5 nitrogen and oxygen atoms in total. The van der Waals surface area contributed by atoms with Gasteiger partial charge in [-0.2, -0.15) is 0 Å². The van der Waals surface area contributed by atoms with Crippen molar-refractivity contribution in [3.8, 4) is 5.88 Å². The highest BCUT2D eigenvalue weighted by molar-refractivity contribution is 6.06. The number of nitrogens with zero attached hydrogens (tertiary/aromatic N) is 1. The number of methoxy groups -OCH3 is 1. The maximum absolute atomic E-state index is 11.9. The van der Waals surface area contributed by atoms with E-state index >= 15 is 0 Å². The predicted octanol–water partition coefficient (Wildman–Crippen LogP) is 2.14. The van der Waals surface area contributed by atoms with Crippen LogP contribution in [0.25, 0.3) is 10.9 Å². The summed E-state index contributed by atoms with van der Waals surface area (Å²) in [6.45, 7) is 3.62. The zero-order valence-corrected chi connectivity index (χ0v) is 9.98. The van der Waals surface area contributed by atoms with Gasteiger partial charge in [0.15, 0.2) is 0 Å². The molecular weight excluding hydrogens is 220 g/mol. The van der Waals surface area contributed by atoms with Gasteiger partial charge in [0.25, 0.3) is 0 Å². The molecule has 0 aliphatic carbocycles. The van der Waals surface area contributed by atoms with E-state index in [0.29, 0.717) is 16.8 Å². The van der Waals surface area contributed by atoms with Crippen LogP contribution in [0.2, 0.25) is 0 Å². The number of carbonyl (C=O) groups is 1. The summed E-state index contributed by atoms with van der Waals surface area (Å²) in [5, 5.41) is 0.653. The largest absolute Gasteiger partial charge is 0.480 e. The van der Waals surface area contributed by atoms with E-state index in [4.69, 9.17) is 9.47 Å². The minimum Gasteiger partial charge on any atom is -0.480 e. The zero-order chi connectivity index (χ0) is 12.4. The molecule has 0 amide bonds. The maximum atomic E-state index is 11.9. The molecule has 0 atom stereocenters. The predicted molar refractivity (Wildman–Crippen MR) is 63.2 cm³/mol. The molecule has 0 radical (unpaired) electrons. The van der Waals surface area contributed by atoms with Gasteiger partial charge in [0.05, 0.1) is 29.7 Å². The Labute approximate surface area is 98.8 Å². The highest BCUT2D eigenvalue weighted by Gasteiger charge is 2.18. The Morgan fingerprint density at radius 3 is 2.88 bits per heavy atom. The van der Waals surface area contributed by atoms with Crippen molar-refractivity contribution in [2.45, 2.75) is 20.0 Å². The third-order valence-electron chi connectivity index (χ3n) is 2.31. The molecule has 0 saturated carbocycles. The average molecular weight is 234 g/mol. The normalized spacial score (nSPS) is 10.8. The third-order valence-corrected chi connectivity index (χ3v) is 2.31. The lowest BCUT2D eigenvalue weighted by Crippen LogP contribution is -2.11. The van der Waals surface area contributed by atoms with Crippen LogP contribution in [0.3, 0.4) is 0 Å². The Balaban J connectivity index is 2.51. The van der Waals surface area contributed by atoms with Crippen molar-refractivity contribution in [2.24, 2.45) is 0 Å². The summed E-state index contributed by atoms with van der Waals surface area (Å²) in [4.78, 5) is 18.9. The van der Waals surface area contributed by atoms with Gasteiger partial charge in [-0.25, -0.2) is 9.78 Å². The molecule has 2 rings (SSSR count). The molecule has 17 heavy (non-hydrogen) atoms. The van der Waals surface area contributed by atoms with Crippen LogP contribution in [0.1, 0.15) is 24.2 Å². The van der Waals surface area contributed by atoms with E-state index in [0.717, 1.165) is 5.52 Å². The number of carbonyl (C=O) groups excluding carboxylic acids is 1. The van der Waals surface area contributed by atoms with Crippen LogP contribution in [0, 0.1) is 0 Å². The van der Waals surface area contributed by atoms with E-state index in [1.807, 2.05) is 13.8 Å². The molecule has 0 spiro atoms. The standard InChI is InChI=1S/C12H14N2O3/c1-7(2)17-12(15)8-6-14-9-4-5-13-11(16-3)10(8)9/h4-7,14H,1-3H3. The van der Waals surface area contributed by atoms with Gasteiger partial charge in [0.2, 0.25) is 5.88 Å². The second kappa shape index (κ2) is 4.45. The second-order valence-electron chi connectivity index (χ2n) is 3.90. The molecule has 0 saturated heterocycles. The number of rotatable bonds is 3. The fraction of sp³-hybridized carbons (Fsp3) is 0.333. The summed E-state index contributed by atoms with van der Waals surface area (Å²) in [5.41, 5.74) is 1.24. The smallest absolute Gasteiger partial charge is 0.340 e. The van der Waals surface area contributed by atoms with Gasteiger partial charge in [0.1, 0.15) is 0 Å². The number of nitrogens with one attached hydrogen (secondary N) is 1. The summed E-state index contributed by atoms with van der Waals surface area (Å²) >= 11 is 0. The Kier molecular flexibility index (Phi) is 2.99. The number of aromatic amines is 1. The Morgan fingerprint density at radius 1 is 1.47 bits per heavy atom. The average Bonchev–Trinajstić information content (AvgIpc) is 2.71. The molecule has 0 fully saturated rings. The molecule has 5 heteroatoms. The monoisotopic (exact) mass is 234 g/mol. The lowest BCUT2D eigenvalue weighted by atomic mass is 10.2. The molecule has 0 aliphatic heterocycles. The van der Waals surface area contributed by atoms with Crippen molar-refractivity contribution < 1.29 is 14.3 Å². The van der Waals surface area contributed by atoms with Gasteiger partial charge < -0.3 is 14.5 Å². The van der Waals surface area contributed by atoms with Crippen LogP contribution in [0.4, 0.5) is 0 Å². The minimum absolute atomic E-state index is 0.157. The van der Waals surface area contributed by atoms with E-state index in [9.17, 15) is 4.79 Å². The highest BCUT2D eigenvalue weighted by atomic mass is 16.5. The van der Waals surface area contributed by atoms with Gasteiger partial charge in [-0.15, -0.1) is 0 Å². The van der Waals surface area contributed by atoms with E-state index in [1.165, 1.54) is 7.11 Å². The number of fused-ring (bicyclic) bond motifs is 1. The number of ether oxygens (including phenoxy) is 2. The van der Waals surface area contributed by atoms with Crippen LogP contribution in [-0.4, -0.2) is 29.2 Å². The molecule has 0 bridgehead atoms. The molecule has 1 N–H and O–H groups in total. The van der Waals surface area contributed by atoms with Crippen molar-refractivity contribution in [1.29, 1.82) is 0 Å². The molecular formula is C12H14N2O3. The third kappa shape index (κ3) is 2.08. The quantitative estimate of drug-likeness (QED) is 0.826. The van der Waals surface area contributed by atoms with Crippen molar-refractivity contribution >= 4 is 16.9 Å². The minimum atomic E-state index is -0.377. The number of pyridine rings is 1. The second-order valence-corrected chi connectivity index (χ2v) is 3.90. The summed E-state index contributed by atoms with van der Waals surface area (Å²) in [5.74, 6) is 0.0389. The molecule has 0 aromatic carbocycles. The summed E-state index contributed by atoms with van der Waals surface area (Å²) in [7, 11) is 1.52. The number of hydrogen-bond donors (Lipinski definition) is 1. The van der Waals surface area contributed by atoms with Crippen molar-refractivity contribution in [3.63, 3.8) is 0 Å². The lowest BCUT2D eigenvalue weighted by Gasteiger charge is -2.07. The SMILES string of the molecule is COc1nccc2[nH]cc(C(=O)OC(C)C)c12. The van der Waals surface area contributed by atoms with E-state index in [-0.39, 0.29) is 12.1 Å². The molecule has 2 heterocycles. The van der Waals surface area contributed by atoms with E-state index in [1.54, 1.807) is 18.5 Å².